The predicted octanol–water partition coefficient (Wildman–Crippen LogP) is -1.79. The molecule has 0 aliphatic carbocycles. The lowest BCUT2D eigenvalue weighted by Crippen LogP contribution is -2.54. The smallest absolute Gasteiger partial charge is 0.326 e. The van der Waals surface area contributed by atoms with Crippen molar-refractivity contribution < 1.29 is 23.1 Å². The molecule has 7 nitrogen and oxygen atoms in total. The lowest BCUT2D eigenvalue weighted by molar-refractivity contribution is -0.142. The van der Waals surface area contributed by atoms with E-state index in [1.165, 1.54) is 0 Å². The zero-order chi connectivity index (χ0) is 13.1. The minimum atomic E-state index is -3.23. The van der Waals surface area contributed by atoms with E-state index in [1.807, 2.05) is 0 Å². The van der Waals surface area contributed by atoms with Crippen LogP contribution in [0.25, 0.3) is 0 Å². The van der Waals surface area contributed by atoms with Gasteiger partial charge in [-0.2, -0.15) is 0 Å². The van der Waals surface area contributed by atoms with Gasteiger partial charge in [-0.15, -0.1) is 0 Å². The molecule has 3 N–H and O–H groups in total. The van der Waals surface area contributed by atoms with E-state index in [-0.39, 0.29) is 24.0 Å². The number of amides is 1. The highest BCUT2D eigenvalue weighted by Crippen LogP contribution is 2.05. The van der Waals surface area contributed by atoms with E-state index in [1.54, 1.807) is 0 Å². The third-order valence-electron chi connectivity index (χ3n) is 2.54. The number of carbonyl (C=O) groups excluding carboxylic acids is 1. The van der Waals surface area contributed by atoms with E-state index in [2.05, 4.69) is 10.6 Å². The fourth-order valence-corrected chi connectivity index (χ4v) is 2.02. The van der Waals surface area contributed by atoms with Crippen molar-refractivity contribution in [1.82, 2.24) is 10.6 Å². The minimum absolute atomic E-state index is 0.111. The molecular weight excluding hydrogens is 248 g/mol. The second kappa shape index (κ2) is 5.46. The Morgan fingerprint density at radius 1 is 1.47 bits per heavy atom. The van der Waals surface area contributed by atoms with Gasteiger partial charge in [0.05, 0.1) is 11.7 Å². The number of aliphatic carboxylic acids is 1. The van der Waals surface area contributed by atoms with Gasteiger partial charge in [0.15, 0.2) is 0 Å². The first-order valence-corrected chi connectivity index (χ1v) is 7.27. The van der Waals surface area contributed by atoms with Crippen LogP contribution in [0.2, 0.25) is 0 Å². The summed E-state index contributed by atoms with van der Waals surface area (Å²) >= 11 is 0. The third-order valence-corrected chi connectivity index (χ3v) is 3.52. The molecule has 0 spiro atoms. The van der Waals surface area contributed by atoms with Gasteiger partial charge >= 0.3 is 5.97 Å². The molecule has 17 heavy (non-hydrogen) atoms. The van der Waals surface area contributed by atoms with Crippen LogP contribution in [0.1, 0.15) is 6.42 Å². The van der Waals surface area contributed by atoms with Crippen LogP contribution >= 0.6 is 0 Å². The Labute approximate surface area is 99.5 Å². The van der Waals surface area contributed by atoms with Crippen LogP contribution in [-0.4, -0.2) is 56.5 Å². The van der Waals surface area contributed by atoms with Crippen molar-refractivity contribution in [3.8, 4) is 0 Å². The summed E-state index contributed by atoms with van der Waals surface area (Å²) in [6, 6.07) is -1.14. The molecule has 0 radical (unpaired) electrons. The maximum absolute atomic E-state index is 11.5. The average Bonchev–Trinajstić information content (AvgIpc) is 2.06. The predicted molar refractivity (Wildman–Crippen MR) is 60.3 cm³/mol. The number of nitrogens with one attached hydrogen (secondary N) is 2. The van der Waals surface area contributed by atoms with Gasteiger partial charge in [0.2, 0.25) is 5.91 Å². The highest BCUT2D eigenvalue weighted by molar-refractivity contribution is 7.90. The molecule has 1 saturated heterocycles. The molecule has 1 aliphatic heterocycles. The molecule has 1 rings (SSSR count). The summed E-state index contributed by atoms with van der Waals surface area (Å²) in [4.78, 5) is 22.4. The fourth-order valence-electron chi connectivity index (χ4n) is 1.35. The molecule has 1 heterocycles. The standard InChI is InChI=1S/C9H16N2O5S/c1-17(15,16)3-2-7(9(13)14)11-8(12)6-4-10-5-6/h6-7,10H,2-5H2,1H3,(H,11,12)(H,13,14). The van der Waals surface area contributed by atoms with E-state index in [0.29, 0.717) is 13.1 Å². The van der Waals surface area contributed by atoms with Crippen molar-refractivity contribution in [3.05, 3.63) is 0 Å². The molecule has 98 valence electrons. The van der Waals surface area contributed by atoms with Crippen LogP contribution < -0.4 is 10.6 Å². The van der Waals surface area contributed by atoms with Crippen LogP contribution in [0.3, 0.4) is 0 Å². The summed E-state index contributed by atoms with van der Waals surface area (Å²) in [5.74, 6) is -2.03. The molecular formula is C9H16N2O5S. The van der Waals surface area contributed by atoms with Crippen molar-refractivity contribution in [2.24, 2.45) is 5.92 Å². The Balaban J connectivity index is 2.48. The largest absolute Gasteiger partial charge is 0.480 e. The monoisotopic (exact) mass is 264 g/mol. The molecule has 0 aromatic carbocycles. The first-order chi connectivity index (χ1) is 7.79. The Morgan fingerprint density at radius 3 is 2.41 bits per heavy atom. The topological polar surface area (TPSA) is 113 Å². The zero-order valence-electron chi connectivity index (χ0n) is 9.47. The Morgan fingerprint density at radius 2 is 2.06 bits per heavy atom. The number of carboxylic acid groups (broad SMARTS) is 1. The van der Waals surface area contributed by atoms with Gasteiger partial charge in [-0.05, 0) is 6.42 Å². The first kappa shape index (κ1) is 13.9. The van der Waals surface area contributed by atoms with Gasteiger partial charge in [-0.25, -0.2) is 13.2 Å². The third kappa shape index (κ3) is 4.70. The Bertz CT molecular complexity index is 402. The van der Waals surface area contributed by atoms with E-state index < -0.39 is 21.8 Å². The van der Waals surface area contributed by atoms with Crippen molar-refractivity contribution in [2.75, 3.05) is 25.1 Å². The van der Waals surface area contributed by atoms with Crippen molar-refractivity contribution in [2.45, 2.75) is 12.5 Å². The highest BCUT2D eigenvalue weighted by Gasteiger charge is 2.29. The van der Waals surface area contributed by atoms with E-state index >= 15 is 0 Å². The average molecular weight is 264 g/mol. The summed E-state index contributed by atoms with van der Waals surface area (Å²) in [5.41, 5.74) is 0. The molecule has 8 heteroatoms. The lowest BCUT2D eigenvalue weighted by Gasteiger charge is -2.27. The molecule has 1 fully saturated rings. The summed E-state index contributed by atoms with van der Waals surface area (Å²) in [6.45, 7) is 1.06. The van der Waals surface area contributed by atoms with Gasteiger partial charge in [0.1, 0.15) is 15.9 Å². The molecule has 0 aromatic rings. The minimum Gasteiger partial charge on any atom is -0.480 e. The SMILES string of the molecule is CS(=O)(=O)CCC(NC(=O)C1CNC1)C(=O)O. The molecule has 1 aliphatic rings. The lowest BCUT2D eigenvalue weighted by atomic mass is 10.0. The van der Waals surface area contributed by atoms with E-state index in [0.717, 1.165) is 6.26 Å². The number of hydrogen-bond donors (Lipinski definition) is 3. The quantitative estimate of drug-likeness (QED) is 0.522. The molecule has 1 atom stereocenters. The number of carboxylic acids is 1. The van der Waals surface area contributed by atoms with Crippen molar-refractivity contribution in [1.29, 1.82) is 0 Å². The molecule has 1 unspecified atom stereocenters. The van der Waals surface area contributed by atoms with Gasteiger partial charge in [0.25, 0.3) is 0 Å². The maximum Gasteiger partial charge on any atom is 0.326 e. The van der Waals surface area contributed by atoms with Gasteiger partial charge in [-0.1, -0.05) is 0 Å². The van der Waals surface area contributed by atoms with Crippen LogP contribution in [-0.2, 0) is 19.4 Å². The summed E-state index contributed by atoms with van der Waals surface area (Å²) in [6.07, 6.45) is 0.920. The fraction of sp³-hybridized carbons (Fsp3) is 0.778. The summed E-state index contributed by atoms with van der Waals surface area (Å²) in [7, 11) is -3.23. The number of hydrogen-bond acceptors (Lipinski definition) is 5. The van der Waals surface area contributed by atoms with Crippen LogP contribution in [0, 0.1) is 5.92 Å². The van der Waals surface area contributed by atoms with Crippen LogP contribution in [0.15, 0.2) is 0 Å². The first-order valence-electron chi connectivity index (χ1n) is 5.21. The van der Waals surface area contributed by atoms with Gasteiger partial charge < -0.3 is 15.7 Å². The summed E-state index contributed by atoms with van der Waals surface area (Å²) in [5, 5.41) is 14.1. The van der Waals surface area contributed by atoms with Gasteiger partial charge in [-0.3, -0.25) is 4.79 Å². The van der Waals surface area contributed by atoms with Crippen LogP contribution in [0.5, 0.6) is 0 Å². The van der Waals surface area contributed by atoms with Crippen molar-refractivity contribution in [3.63, 3.8) is 0 Å². The normalized spacial score (nSPS) is 18.2. The zero-order valence-corrected chi connectivity index (χ0v) is 10.3. The van der Waals surface area contributed by atoms with Crippen LogP contribution in [0.4, 0.5) is 0 Å². The number of rotatable bonds is 6. The Kier molecular flexibility index (Phi) is 4.47. The van der Waals surface area contributed by atoms with Gasteiger partial charge in [0, 0.05) is 19.3 Å². The molecule has 0 saturated carbocycles. The molecule has 1 amide bonds. The maximum atomic E-state index is 11.5. The van der Waals surface area contributed by atoms with E-state index in [9.17, 15) is 18.0 Å². The number of carbonyl (C=O) groups is 2. The second-order valence-electron chi connectivity index (χ2n) is 4.17. The number of sulfone groups is 1. The van der Waals surface area contributed by atoms with E-state index in [4.69, 9.17) is 5.11 Å². The molecule has 0 bridgehead atoms. The summed E-state index contributed by atoms with van der Waals surface area (Å²) < 4.78 is 21.9. The van der Waals surface area contributed by atoms with Crippen molar-refractivity contribution >= 4 is 21.7 Å². The highest BCUT2D eigenvalue weighted by atomic mass is 32.2. The second-order valence-corrected chi connectivity index (χ2v) is 6.43. The Hall–Kier alpha value is -1.15. The molecule has 0 aromatic heterocycles.